The molecule has 0 spiro atoms. The number of aromatic nitrogens is 3. The molecule has 2 atom stereocenters. The molecule has 0 unspecified atom stereocenters. The molecule has 154 valence electrons. The zero-order valence-corrected chi connectivity index (χ0v) is 17.2. The molecule has 0 radical (unpaired) electrons. The van der Waals surface area contributed by atoms with Gasteiger partial charge in [-0.05, 0) is 66.6 Å². The Balaban J connectivity index is 1.37. The van der Waals surface area contributed by atoms with Crippen LogP contribution < -0.4 is 0 Å². The minimum absolute atomic E-state index is 0.0542. The Morgan fingerprint density at radius 1 is 1.20 bits per heavy atom. The Hall–Kier alpha value is -2.99. The predicted octanol–water partition coefficient (Wildman–Crippen LogP) is 3.43. The molecule has 1 fully saturated rings. The lowest BCUT2D eigenvalue weighted by Gasteiger charge is -2.35. The van der Waals surface area contributed by atoms with Gasteiger partial charge >= 0.3 is 0 Å². The lowest BCUT2D eigenvalue weighted by Crippen LogP contribution is -2.45. The highest BCUT2D eigenvalue weighted by atomic mass is 16.3. The summed E-state index contributed by atoms with van der Waals surface area (Å²) < 4.78 is 1.73. The van der Waals surface area contributed by atoms with Gasteiger partial charge in [0.25, 0.3) is 5.91 Å². The number of nitrogens with zero attached hydrogens (tertiary/aromatic N) is 4. The molecule has 5 rings (SSSR count). The van der Waals surface area contributed by atoms with Gasteiger partial charge in [0.1, 0.15) is 0 Å². The van der Waals surface area contributed by atoms with Crippen molar-refractivity contribution >= 4 is 5.91 Å². The number of rotatable bonds is 4. The summed E-state index contributed by atoms with van der Waals surface area (Å²) in [6, 6.07) is 10.0. The quantitative estimate of drug-likeness (QED) is 0.726. The highest BCUT2D eigenvalue weighted by molar-refractivity contribution is 5.99. The lowest BCUT2D eigenvalue weighted by atomic mass is 9.91. The number of aliphatic hydroxyl groups excluding tert-OH is 1. The first-order valence-corrected chi connectivity index (χ1v) is 10.7. The minimum Gasteiger partial charge on any atom is -0.391 e. The standard InChI is InChI=1S/C24H26N4O2/c1-16-11-19-15-27(21-5-2-3-6-22(21)29)24(30)20(19)13-18(16)12-17-7-8-23(25-14-17)28-10-4-9-26-28/h4,7-11,13-14,21-22,29H,2-3,5-6,12,15H2,1H3/t21-,22-/m0/s1. The summed E-state index contributed by atoms with van der Waals surface area (Å²) in [5, 5.41) is 14.6. The van der Waals surface area contributed by atoms with Crippen LogP contribution in [0.15, 0.2) is 48.9 Å². The number of hydrogen-bond acceptors (Lipinski definition) is 4. The van der Waals surface area contributed by atoms with Gasteiger partial charge in [0, 0.05) is 30.7 Å². The van der Waals surface area contributed by atoms with Crippen molar-refractivity contribution in [1.82, 2.24) is 19.7 Å². The van der Waals surface area contributed by atoms with Crippen molar-refractivity contribution in [1.29, 1.82) is 0 Å². The van der Waals surface area contributed by atoms with Crippen LogP contribution >= 0.6 is 0 Å². The molecule has 1 aliphatic carbocycles. The van der Waals surface area contributed by atoms with E-state index in [1.165, 1.54) is 5.56 Å². The van der Waals surface area contributed by atoms with Crippen LogP contribution in [0.3, 0.4) is 0 Å². The lowest BCUT2D eigenvalue weighted by molar-refractivity contribution is 0.0191. The summed E-state index contributed by atoms with van der Waals surface area (Å²) in [5.41, 5.74) is 5.28. The summed E-state index contributed by atoms with van der Waals surface area (Å²) in [6.07, 6.45) is 9.59. The van der Waals surface area contributed by atoms with Gasteiger partial charge in [-0.3, -0.25) is 4.79 Å². The normalized spacial score (nSPS) is 21.1. The van der Waals surface area contributed by atoms with Crippen LogP contribution in [0.4, 0.5) is 0 Å². The molecule has 0 saturated heterocycles. The number of carbonyl (C=O) groups excluding carboxylic acids is 1. The number of fused-ring (bicyclic) bond motifs is 1. The summed E-state index contributed by atoms with van der Waals surface area (Å²) in [5.74, 6) is 0.843. The highest BCUT2D eigenvalue weighted by Crippen LogP contribution is 2.33. The van der Waals surface area contributed by atoms with Crippen molar-refractivity contribution in [2.75, 3.05) is 0 Å². The van der Waals surface area contributed by atoms with Gasteiger partial charge in [-0.1, -0.05) is 25.0 Å². The number of amides is 1. The minimum atomic E-state index is -0.406. The van der Waals surface area contributed by atoms with Crippen LogP contribution in [0.25, 0.3) is 5.82 Å². The number of benzene rings is 1. The average molecular weight is 402 g/mol. The molecule has 2 aliphatic rings. The molecule has 1 saturated carbocycles. The van der Waals surface area contributed by atoms with E-state index in [0.29, 0.717) is 6.54 Å². The van der Waals surface area contributed by atoms with Crippen molar-refractivity contribution in [3.05, 3.63) is 76.7 Å². The number of aryl methyl sites for hydroxylation is 1. The molecular weight excluding hydrogens is 376 g/mol. The van der Waals surface area contributed by atoms with Crippen molar-refractivity contribution in [2.45, 2.75) is 57.7 Å². The fourth-order valence-corrected chi connectivity index (χ4v) is 4.75. The summed E-state index contributed by atoms with van der Waals surface area (Å²) >= 11 is 0. The Morgan fingerprint density at radius 3 is 2.80 bits per heavy atom. The molecule has 1 aromatic carbocycles. The SMILES string of the molecule is Cc1cc2c(cc1Cc1ccc(-n3cccn3)nc1)C(=O)N([C@H]1CCCC[C@@H]1O)C2. The van der Waals surface area contributed by atoms with Gasteiger partial charge in [0.2, 0.25) is 0 Å². The molecule has 1 amide bonds. The molecule has 6 heteroatoms. The monoisotopic (exact) mass is 402 g/mol. The van der Waals surface area contributed by atoms with E-state index in [1.807, 2.05) is 35.5 Å². The van der Waals surface area contributed by atoms with E-state index in [9.17, 15) is 9.90 Å². The molecule has 3 heterocycles. The van der Waals surface area contributed by atoms with E-state index < -0.39 is 6.10 Å². The second kappa shape index (κ2) is 7.69. The second-order valence-corrected chi connectivity index (χ2v) is 8.44. The van der Waals surface area contributed by atoms with Crippen LogP contribution in [0.5, 0.6) is 0 Å². The third kappa shape index (κ3) is 3.41. The van der Waals surface area contributed by atoms with Crippen LogP contribution in [0.2, 0.25) is 0 Å². The number of pyridine rings is 1. The summed E-state index contributed by atoms with van der Waals surface area (Å²) in [6.45, 7) is 2.71. The maximum absolute atomic E-state index is 13.1. The topological polar surface area (TPSA) is 71.2 Å². The van der Waals surface area contributed by atoms with E-state index in [-0.39, 0.29) is 11.9 Å². The van der Waals surface area contributed by atoms with Crippen molar-refractivity contribution < 1.29 is 9.90 Å². The van der Waals surface area contributed by atoms with Crippen molar-refractivity contribution in [2.24, 2.45) is 0 Å². The number of hydrogen-bond donors (Lipinski definition) is 1. The number of aliphatic hydroxyl groups is 1. The molecule has 3 aromatic rings. The predicted molar refractivity (Wildman–Crippen MR) is 113 cm³/mol. The van der Waals surface area contributed by atoms with Gasteiger partial charge in [-0.2, -0.15) is 5.10 Å². The third-order valence-electron chi connectivity index (χ3n) is 6.43. The molecule has 2 aromatic heterocycles. The van der Waals surface area contributed by atoms with Gasteiger partial charge in [-0.25, -0.2) is 9.67 Å². The van der Waals surface area contributed by atoms with E-state index >= 15 is 0 Å². The largest absolute Gasteiger partial charge is 0.391 e. The number of carbonyl (C=O) groups is 1. The molecule has 6 nitrogen and oxygen atoms in total. The van der Waals surface area contributed by atoms with E-state index in [4.69, 9.17) is 0 Å². The van der Waals surface area contributed by atoms with Crippen molar-refractivity contribution in [3.63, 3.8) is 0 Å². The van der Waals surface area contributed by atoms with Crippen LogP contribution in [-0.4, -0.2) is 42.8 Å². The zero-order chi connectivity index (χ0) is 20.7. The molecule has 30 heavy (non-hydrogen) atoms. The van der Waals surface area contributed by atoms with Gasteiger partial charge in [-0.15, -0.1) is 0 Å². The van der Waals surface area contributed by atoms with E-state index in [2.05, 4.69) is 29.1 Å². The maximum atomic E-state index is 13.1. The first-order valence-electron chi connectivity index (χ1n) is 10.7. The Bertz CT molecular complexity index is 1060. The van der Waals surface area contributed by atoms with Gasteiger partial charge < -0.3 is 10.0 Å². The van der Waals surface area contributed by atoms with Crippen LogP contribution in [0, 0.1) is 6.92 Å². The highest BCUT2D eigenvalue weighted by Gasteiger charge is 2.37. The Morgan fingerprint density at radius 2 is 2.07 bits per heavy atom. The van der Waals surface area contributed by atoms with Crippen molar-refractivity contribution in [3.8, 4) is 5.82 Å². The molecule has 0 bridgehead atoms. The van der Waals surface area contributed by atoms with Crippen LogP contribution in [-0.2, 0) is 13.0 Å². The third-order valence-corrected chi connectivity index (χ3v) is 6.43. The smallest absolute Gasteiger partial charge is 0.254 e. The van der Waals surface area contributed by atoms with Gasteiger partial charge in [0.15, 0.2) is 5.82 Å². The molecule has 1 aliphatic heterocycles. The summed E-state index contributed by atoms with van der Waals surface area (Å²) in [7, 11) is 0. The van der Waals surface area contributed by atoms with Gasteiger partial charge in [0.05, 0.1) is 12.1 Å². The first-order chi connectivity index (χ1) is 14.6. The Labute approximate surface area is 176 Å². The Kier molecular flexibility index (Phi) is 4.87. The second-order valence-electron chi connectivity index (χ2n) is 8.44. The maximum Gasteiger partial charge on any atom is 0.254 e. The fraction of sp³-hybridized carbons (Fsp3) is 0.375. The molecule has 1 N–H and O–H groups in total. The molecular formula is C24H26N4O2. The average Bonchev–Trinajstić information content (AvgIpc) is 3.39. The fourth-order valence-electron chi connectivity index (χ4n) is 4.75. The van der Waals surface area contributed by atoms with Crippen LogP contribution in [0.1, 0.15) is 58.3 Å². The van der Waals surface area contributed by atoms with E-state index in [0.717, 1.165) is 60.2 Å². The first kappa shape index (κ1) is 19.0. The summed E-state index contributed by atoms with van der Waals surface area (Å²) in [4.78, 5) is 19.5. The zero-order valence-electron chi connectivity index (χ0n) is 17.2. The van der Waals surface area contributed by atoms with E-state index in [1.54, 1.807) is 10.9 Å².